The van der Waals surface area contributed by atoms with Crippen LogP contribution < -0.4 is 5.73 Å². The second-order valence-electron chi connectivity index (χ2n) is 3.75. The maximum Gasteiger partial charge on any atom is 0.320 e. The van der Waals surface area contributed by atoms with Crippen molar-refractivity contribution in [3.63, 3.8) is 0 Å². The van der Waals surface area contributed by atoms with Gasteiger partial charge in [0, 0.05) is 19.0 Å². The molecule has 0 saturated carbocycles. The zero-order valence-electron chi connectivity index (χ0n) is 8.27. The third-order valence-corrected chi connectivity index (χ3v) is 2.59. The summed E-state index contributed by atoms with van der Waals surface area (Å²) in [6, 6.07) is -0.862. The van der Waals surface area contributed by atoms with Gasteiger partial charge in [-0.15, -0.1) is 0 Å². The zero-order chi connectivity index (χ0) is 10.7. The Morgan fingerprint density at radius 3 is 2.86 bits per heavy atom. The summed E-state index contributed by atoms with van der Waals surface area (Å²) in [5.74, 6) is -0.816. The van der Waals surface area contributed by atoms with Crippen LogP contribution in [0, 0.1) is 5.92 Å². The average Bonchev–Trinajstić information content (AvgIpc) is 2.44. The van der Waals surface area contributed by atoms with Crippen LogP contribution in [0.4, 0.5) is 0 Å². The minimum Gasteiger partial charge on any atom is -0.480 e. The number of nitrogens with two attached hydrogens (primary N) is 1. The van der Waals surface area contributed by atoms with Gasteiger partial charge in [0.25, 0.3) is 0 Å². The monoisotopic (exact) mass is 200 g/mol. The molecule has 1 aliphatic heterocycles. The van der Waals surface area contributed by atoms with E-state index in [-0.39, 0.29) is 11.8 Å². The van der Waals surface area contributed by atoms with Crippen LogP contribution in [0.1, 0.15) is 19.8 Å². The van der Waals surface area contributed by atoms with E-state index in [2.05, 4.69) is 0 Å². The fourth-order valence-electron chi connectivity index (χ4n) is 1.54. The summed E-state index contributed by atoms with van der Waals surface area (Å²) in [7, 11) is 0. The molecule has 3 N–H and O–H groups in total. The fourth-order valence-corrected chi connectivity index (χ4v) is 1.54. The lowest BCUT2D eigenvalue weighted by molar-refractivity contribution is -0.139. The molecule has 0 aromatic rings. The molecule has 1 aliphatic rings. The molecule has 0 bridgehead atoms. The number of carbonyl (C=O) groups is 2. The molecular formula is C9H16N2O3. The minimum absolute atomic E-state index is 0.0797. The molecule has 0 radical (unpaired) electrons. The van der Waals surface area contributed by atoms with Crippen molar-refractivity contribution >= 4 is 11.9 Å². The summed E-state index contributed by atoms with van der Waals surface area (Å²) in [5, 5.41) is 8.55. The van der Waals surface area contributed by atoms with Crippen LogP contribution in [-0.4, -0.2) is 41.0 Å². The van der Waals surface area contributed by atoms with Crippen LogP contribution in [0.3, 0.4) is 0 Å². The van der Waals surface area contributed by atoms with E-state index >= 15 is 0 Å². The van der Waals surface area contributed by atoms with Gasteiger partial charge in [0.05, 0.1) is 0 Å². The van der Waals surface area contributed by atoms with Gasteiger partial charge in [-0.25, -0.2) is 0 Å². The quantitative estimate of drug-likeness (QED) is 0.650. The molecule has 0 aromatic heterocycles. The van der Waals surface area contributed by atoms with Gasteiger partial charge in [-0.3, -0.25) is 9.59 Å². The van der Waals surface area contributed by atoms with E-state index in [9.17, 15) is 9.59 Å². The highest BCUT2D eigenvalue weighted by Gasteiger charge is 2.28. The molecule has 14 heavy (non-hydrogen) atoms. The average molecular weight is 200 g/mol. The van der Waals surface area contributed by atoms with E-state index in [1.54, 1.807) is 4.90 Å². The number of nitrogens with zero attached hydrogens (tertiary/aromatic N) is 1. The van der Waals surface area contributed by atoms with Crippen LogP contribution in [0.2, 0.25) is 0 Å². The highest BCUT2D eigenvalue weighted by molar-refractivity contribution is 5.80. The van der Waals surface area contributed by atoms with Crippen molar-refractivity contribution in [3.05, 3.63) is 0 Å². The Hall–Kier alpha value is -1.10. The normalized spacial score (nSPS) is 24.0. The number of hydrogen-bond donors (Lipinski definition) is 2. The van der Waals surface area contributed by atoms with Crippen molar-refractivity contribution in [2.75, 3.05) is 13.1 Å². The van der Waals surface area contributed by atoms with Gasteiger partial charge in [-0.1, -0.05) is 6.92 Å². The maximum absolute atomic E-state index is 11.4. The van der Waals surface area contributed by atoms with Crippen LogP contribution in [0.15, 0.2) is 0 Å². The van der Waals surface area contributed by atoms with E-state index in [4.69, 9.17) is 10.8 Å². The van der Waals surface area contributed by atoms with Gasteiger partial charge in [0.15, 0.2) is 0 Å². The molecule has 0 aliphatic carbocycles. The number of carboxylic acids is 1. The Labute approximate surface area is 82.9 Å². The SMILES string of the molecule is CC1CCN(CCC(N)C(=O)O)C1=O. The van der Waals surface area contributed by atoms with Crippen LogP contribution >= 0.6 is 0 Å². The number of amides is 1. The standard InChI is InChI=1S/C9H16N2O3/c1-6-2-4-11(8(6)12)5-3-7(10)9(13)14/h6-7H,2-5,10H2,1H3,(H,13,14). The van der Waals surface area contributed by atoms with E-state index in [1.807, 2.05) is 6.92 Å². The molecule has 1 fully saturated rings. The van der Waals surface area contributed by atoms with Crippen LogP contribution in [0.5, 0.6) is 0 Å². The Bertz CT molecular complexity index is 242. The molecule has 0 spiro atoms. The van der Waals surface area contributed by atoms with Crippen molar-refractivity contribution in [1.29, 1.82) is 0 Å². The van der Waals surface area contributed by atoms with Crippen molar-refractivity contribution in [1.82, 2.24) is 4.90 Å². The lowest BCUT2D eigenvalue weighted by Gasteiger charge is -2.17. The molecule has 1 amide bonds. The predicted octanol–water partition coefficient (Wildman–Crippen LogP) is -0.343. The molecule has 2 unspecified atom stereocenters. The molecule has 5 nitrogen and oxygen atoms in total. The highest BCUT2D eigenvalue weighted by atomic mass is 16.4. The molecule has 1 saturated heterocycles. The Morgan fingerprint density at radius 2 is 2.43 bits per heavy atom. The number of likely N-dealkylation sites (tertiary alicyclic amines) is 1. The number of aliphatic carboxylic acids is 1. The molecule has 2 atom stereocenters. The van der Waals surface area contributed by atoms with Crippen molar-refractivity contribution in [2.24, 2.45) is 11.7 Å². The molecule has 80 valence electrons. The third kappa shape index (κ3) is 2.45. The van der Waals surface area contributed by atoms with Gasteiger partial charge in [-0.2, -0.15) is 0 Å². The minimum atomic E-state index is -1.01. The lowest BCUT2D eigenvalue weighted by atomic mass is 10.1. The van der Waals surface area contributed by atoms with Crippen LogP contribution in [-0.2, 0) is 9.59 Å². The van der Waals surface area contributed by atoms with E-state index in [1.165, 1.54) is 0 Å². The molecule has 5 heteroatoms. The Morgan fingerprint density at radius 1 is 1.79 bits per heavy atom. The first-order valence-corrected chi connectivity index (χ1v) is 4.79. The summed E-state index contributed by atoms with van der Waals surface area (Å²) in [4.78, 5) is 23.5. The topological polar surface area (TPSA) is 83.6 Å². The van der Waals surface area contributed by atoms with E-state index in [0.717, 1.165) is 13.0 Å². The Balaban J connectivity index is 2.32. The summed E-state index contributed by atoms with van der Waals surface area (Å²) >= 11 is 0. The number of carbonyl (C=O) groups excluding carboxylic acids is 1. The van der Waals surface area contributed by atoms with Crippen molar-refractivity contribution < 1.29 is 14.7 Å². The van der Waals surface area contributed by atoms with Crippen LogP contribution in [0.25, 0.3) is 0 Å². The third-order valence-electron chi connectivity index (χ3n) is 2.59. The second kappa shape index (κ2) is 4.41. The maximum atomic E-state index is 11.4. The number of hydrogen-bond acceptors (Lipinski definition) is 3. The van der Waals surface area contributed by atoms with Gasteiger partial charge in [0.1, 0.15) is 6.04 Å². The zero-order valence-corrected chi connectivity index (χ0v) is 8.27. The van der Waals surface area contributed by atoms with Crippen molar-refractivity contribution in [2.45, 2.75) is 25.8 Å². The first-order valence-electron chi connectivity index (χ1n) is 4.79. The molecular weight excluding hydrogens is 184 g/mol. The Kier molecular flexibility index (Phi) is 3.46. The largest absolute Gasteiger partial charge is 0.480 e. The summed E-state index contributed by atoms with van der Waals surface area (Å²) in [6.45, 7) is 3.07. The second-order valence-corrected chi connectivity index (χ2v) is 3.75. The molecule has 1 rings (SSSR count). The summed E-state index contributed by atoms with van der Waals surface area (Å²) in [6.07, 6.45) is 1.19. The van der Waals surface area contributed by atoms with Gasteiger partial charge in [0.2, 0.25) is 5.91 Å². The summed E-state index contributed by atoms with van der Waals surface area (Å²) < 4.78 is 0. The van der Waals surface area contributed by atoms with Gasteiger partial charge < -0.3 is 15.7 Å². The lowest BCUT2D eigenvalue weighted by Crippen LogP contribution is -2.36. The van der Waals surface area contributed by atoms with E-state index in [0.29, 0.717) is 13.0 Å². The fraction of sp³-hybridized carbons (Fsp3) is 0.778. The van der Waals surface area contributed by atoms with Gasteiger partial charge >= 0.3 is 5.97 Å². The van der Waals surface area contributed by atoms with Crippen molar-refractivity contribution in [3.8, 4) is 0 Å². The number of carboxylic acid groups (broad SMARTS) is 1. The molecule has 1 heterocycles. The molecule has 0 aromatic carbocycles. The number of rotatable bonds is 4. The smallest absolute Gasteiger partial charge is 0.320 e. The first-order chi connectivity index (χ1) is 6.52. The first kappa shape index (κ1) is 11.0. The summed E-state index contributed by atoms with van der Waals surface area (Å²) in [5.41, 5.74) is 5.34. The predicted molar refractivity (Wildman–Crippen MR) is 50.6 cm³/mol. The van der Waals surface area contributed by atoms with E-state index < -0.39 is 12.0 Å². The highest BCUT2D eigenvalue weighted by Crippen LogP contribution is 2.17. The van der Waals surface area contributed by atoms with Gasteiger partial charge in [-0.05, 0) is 12.8 Å².